The summed E-state index contributed by atoms with van der Waals surface area (Å²) in [5.41, 5.74) is 8.28. The highest BCUT2D eigenvalue weighted by Crippen LogP contribution is 2.32. The number of nitrogen functional groups attached to an aromatic ring is 1. The molecule has 3 rings (SSSR count). The van der Waals surface area contributed by atoms with Crippen LogP contribution in [0.5, 0.6) is 11.5 Å². The monoisotopic (exact) mass is 411 g/mol. The average molecular weight is 411 g/mol. The van der Waals surface area contributed by atoms with E-state index in [9.17, 15) is 9.59 Å². The van der Waals surface area contributed by atoms with Gasteiger partial charge >= 0.3 is 6.03 Å². The highest BCUT2D eigenvalue weighted by Gasteiger charge is 2.16. The molecule has 6 N–H and O–H groups in total. The second-order valence-electron chi connectivity index (χ2n) is 6.94. The second-order valence-corrected chi connectivity index (χ2v) is 6.94. The molecule has 3 amide bonds. The van der Waals surface area contributed by atoms with Crippen molar-refractivity contribution in [1.29, 1.82) is 5.41 Å². The van der Waals surface area contributed by atoms with Gasteiger partial charge in [0, 0.05) is 11.3 Å². The third kappa shape index (κ3) is 5.19. The van der Waals surface area contributed by atoms with Gasteiger partial charge in [0.05, 0.1) is 12.6 Å². The number of rotatable bonds is 6. The van der Waals surface area contributed by atoms with Crippen molar-refractivity contribution >= 4 is 23.5 Å². The van der Waals surface area contributed by atoms with Gasteiger partial charge in [-0.2, -0.15) is 0 Å². The van der Waals surface area contributed by atoms with Crippen molar-refractivity contribution in [1.82, 2.24) is 10.6 Å². The number of anilines is 1. The molecule has 0 saturated heterocycles. The van der Waals surface area contributed by atoms with Crippen molar-refractivity contribution in [2.45, 2.75) is 19.9 Å². The minimum Gasteiger partial charge on any atom is -0.486 e. The predicted octanol–water partition coefficient (Wildman–Crippen LogP) is 2.05. The van der Waals surface area contributed by atoms with E-state index < -0.39 is 6.03 Å². The molecular weight excluding hydrogens is 386 g/mol. The molecule has 2 aromatic rings. The number of hydrogen-bond donors (Lipinski definition) is 5. The van der Waals surface area contributed by atoms with Gasteiger partial charge in [-0.3, -0.25) is 10.2 Å². The molecule has 1 aliphatic heterocycles. The van der Waals surface area contributed by atoms with Gasteiger partial charge < -0.3 is 31.2 Å². The third-order valence-electron chi connectivity index (χ3n) is 4.63. The zero-order chi connectivity index (χ0) is 21.7. The lowest BCUT2D eigenvalue weighted by atomic mass is 10.1. The molecule has 0 bridgehead atoms. The van der Waals surface area contributed by atoms with Crippen molar-refractivity contribution in [2.75, 3.05) is 25.1 Å². The molecule has 2 aromatic carbocycles. The number of amidine groups is 1. The number of nitrogens with one attached hydrogen (secondary N) is 4. The predicted molar refractivity (Wildman–Crippen MR) is 113 cm³/mol. The summed E-state index contributed by atoms with van der Waals surface area (Å²) in [5.74, 6) is 0.986. The van der Waals surface area contributed by atoms with Gasteiger partial charge in [0.15, 0.2) is 11.5 Å². The summed E-state index contributed by atoms with van der Waals surface area (Å²) in [5, 5.41) is 15.5. The summed E-state index contributed by atoms with van der Waals surface area (Å²) < 4.78 is 11.1. The largest absolute Gasteiger partial charge is 0.486 e. The Labute approximate surface area is 174 Å². The zero-order valence-electron chi connectivity index (χ0n) is 16.9. The molecule has 30 heavy (non-hydrogen) atoms. The maximum Gasteiger partial charge on any atom is 0.319 e. The number of benzene rings is 2. The molecule has 0 aliphatic carbocycles. The Morgan fingerprint density at radius 2 is 1.87 bits per heavy atom. The van der Waals surface area contributed by atoms with Crippen LogP contribution in [0.2, 0.25) is 0 Å². The molecule has 1 atom stereocenters. The number of urea groups is 1. The molecule has 9 nitrogen and oxygen atoms in total. The van der Waals surface area contributed by atoms with E-state index >= 15 is 0 Å². The SMILES string of the molecule is Cc1cc(NC(=O)NCC(=O)NC(C)c2ccc3c(c2)OCCO3)ccc1C(=N)N. The number of hydrogen-bond acceptors (Lipinski definition) is 5. The molecule has 158 valence electrons. The number of fused-ring (bicyclic) bond motifs is 1. The van der Waals surface area contributed by atoms with Crippen LogP contribution >= 0.6 is 0 Å². The van der Waals surface area contributed by atoms with E-state index in [1.54, 1.807) is 25.1 Å². The quantitative estimate of drug-likeness (QED) is 0.366. The molecule has 1 unspecified atom stereocenters. The molecular formula is C21H25N5O4. The molecule has 1 heterocycles. The highest BCUT2D eigenvalue weighted by molar-refractivity contribution is 5.98. The van der Waals surface area contributed by atoms with Gasteiger partial charge in [-0.15, -0.1) is 0 Å². The second kappa shape index (κ2) is 9.17. The lowest BCUT2D eigenvalue weighted by molar-refractivity contribution is -0.120. The maximum atomic E-state index is 12.2. The van der Waals surface area contributed by atoms with Gasteiger partial charge in [-0.05, 0) is 55.3 Å². The van der Waals surface area contributed by atoms with E-state index in [2.05, 4.69) is 16.0 Å². The Morgan fingerprint density at radius 3 is 2.57 bits per heavy atom. The van der Waals surface area contributed by atoms with Crippen LogP contribution in [0.3, 0.4) is 0 Å². The fourth-order valence-corrected chi connectivity index (χ4v) is 3.08. The number of carbonyl (C=O) groups is 2. The summed E-state index contributed by atoms with van der Waals surface area (Å²) in [4.78, 5) is 24.3. The highest BCUT2D eigenvalue weighted by atomic mass is 16.6. The van der Waals surface area contributed by atoms with Crippen LogP contribution in [-0.2, 0) is 4.79 Å². The van der Waals surface area contributed by atoms with Gasteiger partial charge in [0.1, 0.15) is 19.0 Å². The van der Waals surface area contributed by atoms with Crippen LogP contribution in [-0.4, -0.2) is 37.5 Å². The van der Waals surface area contributed by atoms with Gasteiger partial charge in [0.2, 0.25) is 5.91 Å². The van der Waals surface area contributed by atoms with Crippen LogP contribution in [0.25, 0.3) is 0 Å². The zero-order valence-corrected chi connectivity index (χ0v) is 16.9. The van der Waals surface area contributed by atoms with E-state index in [0.717, 1.165) is 11.1 Å². The van der Waals surface area contributed by atoms with E-state index in [1.807, 2.05) is 25.1 Å². The first-order valence-corrected chi connectivity index (χ1v) is 9.52. The van der Waals surface area contributed by atoms with Crippen molar-refractivity contribution < 1.29 is 19.1 Å². The molecule has 0 saturated carbocycles. The minimum atomic E-state index is -0.507. The summed E-state index contributed by atoms with van der Waals surface area (Å²) in [6.45, 7) is 4.49. The average Bonchev–Trinajstić information content (AvgIpc) is 2.71. The fraction of sp³-hybridized carbons (Fsp3) is 0.286. The molecule has 9 heteroatoms. The fourth-order valence-electron chi connectivity index (χ4n) is 3.08. The number of aryl methyl sites for hydroxylation is 1. The minimum absolute atomic E-state index is 0.0349. The molecule has 0 fully saturated rings. The van der Waals surface area contributed by atoms with Gasteiger partial charge in [-0.1, -0.05) is 6.07 Å². The number of amides is 3. The van der Waals surface area contributed by atoms with Crippen LogP contribution in [0.4, 0.5) is 10.5 Å². The summed E-state index contributed by atoms with van der Waals surface area (Å²) in [6.07, 6.45) is 0. The van der Waals surface area contributed by atoms with Crippen LogP contribution in [0, 0.1) is 12.3 Å². The lowest BCUT2D eigenvalue weighted by Crippen LogP contribution is -2.39. The van der Waals surface area contributed by atoms with E-state index in [4.69, 9.17) is 20.6 Å². The summed E-state index contributed by atoms with van der Waals surface area (Å²) in [7, 11) is 0. The van der Waals surface area contributed by atoms with Crippen LogP contribution in [0.1, 0.15) is 29.7 Å². The first-order chi connectivity index (χ1) is 14.3. The molecule has 0 aromatic heterocycles. The molecule has 1 aliphatic rings. The standard InChI is InChI=1S/C21H25N5O4/c1-12-9-15(4-5-16(12)20(22)23)26-21(28)24-11-19(27)25-13(2)14-3-6-17-18(10-14)30-8-7-29-17/h3-6,9-10,13H,7-8,11H2,1-2H3,(H3,22,23)(H,25,27)(H2,24,26,28). The van der Waals surface area contributed by atoms with Crippen molar-refractivity contribution in [3.05, 3.63) is 53.1 Å². The maximum absolute atomic E-state index is 12.2. The smallest absolute Gasteiger partial charge is 0.319 e. The van der Waals surface area contributed by atoms with Crippen molar-refractivity contribution in [3.8, 4) is 11.5 Å². The Balaban J connectivity index is 1.48. The normalized spacial score (nSPS) is 13.1. The third-order valence-corrected chi connectivity index (χ3v) is 4.63. The Hall–Kier alpha value is -3.75. The van der Waals surface area contributed by atoms with Crippen LogP contribution < -0.4 is 31.2 Å². The Bertz CT molecular complexity index is 976. The van der Waals surface area contributed by atoms with E-state index in [1.165, 1.54) is 0 Å². The molecule has 0 radical (unpaired) electrons. The van der Waals surface area contributed by atoms with E-state index in [0.29, 0.717) is 36.0 Å². The number of carbonyl (C=O) groups excluding carboxylic acids is 2. The van der Waals surface area contributed by atoms with Crippen molar-refractivity contribution in [3.63, 3.8) is 0 Å². The number of nitrogens with two attached hydrogens (primary N) is 1. The van der Waals surface area contributed by atoms with Crippen molar-refractivity contribution in [2.24, 2.45) is 5.73 Å². The lowest BCUT2D eigenvalue weighted by Gasteiger charge is -2.21. The Morgan fingerprint density at radius 1 is 1.13 bits per heavy atom. The Kier molecular flexibility index (Phi) is 6.41. The van der Waals surface area contributed by atoms with Gasteiger partial charge in [0.25, 0.3) is 0 Å². The summed E-state index contributed by atoms with van der Waals surface area (Å²) in [6, 6.07) is 9.77. The van der Waals surface area contributed by atoms with E-state index in [-0.39, 0.29) is 24.3 Å². The first-order valence-electron chi connectivity index (χ1n) is 9.52. The summed E-state index contributed by atoms with van der Waals surface area (Å²) >= 11 is 0. The number of ether oxygens (including phenoxy) is 2. The van der Waals surface area contributed by atoms with Gasteiger partial charge in [-0.25, -0.2) is 4.79 Å². The topological polar surface area (TPSA) is 139 Å². The first kappa shape index (κ1) is 21.0. The van der Waals surface area contributed by atoms with Crippen LogP contribution in [0.15, 0.2) is 36.4 Å². The molecule has 0 spiro atoms.